The van der Waals surface area contributed by atoms with Crippen molar-refractivity contribution in [2.45, 2.75) is 31.6 Å². The molecule has 1 aromatic rings. The number of rotatable bonds is 7. The van der Waals surface area contributed by atoms with Gasteiger partial charge in [0.1, 0.15) is 6.04 Å². The lowest BCUT2D eigenvalue weighted by Gasteiger charge is -2.35. The Kier molecular flexibility index (Phi) is 6.13. The van der Waals surface area contributed by atoms with Gasteiger partial charge in [0.05, 0.1) is 12.4 Å². The molecule has 9 heteroatoms. The molecule has 2 aliphatic heterocycles. The summed E-state index contributed by atoms with van der Waals surface area (Å²) in [5, 5.41) is 2.71. The maximum atomic E-state index is 12.6. The van der Waals surface area contributed by atoms with Crippen molar-refractivity contribution in [2.24, 2.45) is 0 Å². The molecular weight excluding hydrogens is 368 g/mol. The second-order valence-corrected chi connectivity index (χ2v) is 8.93. The van der Waals surface area contributed by atoms with Crippen molar-refractivity contribution in [2.75, 3.05) is 32.8 Å². The molecule has 0 spiro atoms. The van der Waals surface area contributed by atoms with E-state index in [-0.39, 0.29) is 24.4 Å². The molecule has 0 bridgehead atoms. The van der Waals surface area contributed by atoms with Crippen LogP contribution in [0.1, 0.15) is 25.3 Å². The van der Waals surface area contributed by atoms with Gasteiger partial charge in [-0.2, -0.15) is 4.31 Å². The molecule has 0 radical (unpaired) electrons. The van der Waals surface area contributed by atoms with Crippen LogP contribution < -0.4 is 5.32 Å². The molecule has 2 heterocycles. The molecule has 3 amide bonds. The minimum absolute atomic E-state index is 0.0143. The van der Waals surface area contributed by atoms with Crippen LogP contribution in [-0.2, 0) is 20.6 Å². The summed E-state index contributed by atoms with van der Waals surface area (Å²) < 4.78 is 26.7. The van der Waals surface area contributed by atoms with Gasteiger partial charge in [-0.15, -0.1) is 0 Å². The maximum Gasteiger partial charge on any atom is 0.325 e. The van der Waals surface area contributed by atoms with Gasteiger partial charge in [0.2, 0.25) is 10.0 Å². The van der Waals surface area contributed by atoms with Gasteiger partial charge in [-0.3, -0.25) is 9.69 Å². The fraction of sp³-hybridized carbons (Fsp3) is 0.556. The van der Waals surface area contributed by atoms with Crippen LogP contribution in [0.2, 0.25) is 0 Å². The van der Waals surface area contributed by atoms with E-state index in [9.17, 15) is 18.0 Å². The first-order valence-corrected chi connectivity index (χ1v) is 10.9. The number of carbonyl (C=O) groups excluding carboxylic acids is 2. The molecule has 0 saturated carbocycles. The highest BCUT2D eigenvalue weighted by molar-refractivity contribution is 7.88. The number of hydrogen-bond acceptors (Lipinski definition) is 5. The summed E-state index contributed by atoms with van der Waals surface area (Å²) in [6, 6.07) is 8.32. The number of sulfonamides is 1. The van der Waals surface area contributed by atoms with E-state index in [1.54, 1.807) is 12.1 Å². The normalized spacial score (nSPS) is 22.3. The molecule has 0 aromatic heterocycles. The molecule has 2 aliphatic rings. The van der Waals surface area contributed by atoms with E-state index in [0.29, 0.717) is 32.6 Å². The molecule has 148 valence electrons. The van der Waals surface area contributed by atoms with Crippen molar-refractivity contribution in [1.82, 2.24) is 19.4 Å². The molecule has 2 fully saturated rings. The van der Waals surface area contributed by atoms with E-state index in [0.717, 1.165) is 12.0 Å². The van der Waals surface area contributed by atoms with E-state index in [1.165, 1.54) is 9.21 Å². The minimum atomic E-state index is -3.38. The van der Waals surface area contributed by atoms with E-state index >= 15 is 0 Å². The average molecular weight is 394 g/mol. The molecule has 1 aromatic carbocycles. The van der Waals surface area contributed by atoms with E-state index in [2.05, 4.69) is 5.32 Å². The first-order valence-electron chi connectivity index (χ1n) is 9.26. The number of urea groups is 1. The van der Waals surface area contributed by atoms with Gasteiger partial charge >= 0.3 is 6.03 Å². The lowest BCUT2D eigenvalue weighted by molar-refractivity contribution is -0.129. The first-order chi connectivity index (χ1) is 12.9. The van der Waals surface area contributed by atoms with Crippen LogP contribution >= 0.6 is 0 Å². The summed E-state index contributed by atoms with van der Waals surface area (Å²) >= 11 is 0. The zero-order valence-electron chi connectivity index (χ0n) is 15.5. The van der Waals surface area contributed by atoms with Gasteiger partial charge in [0.15, 0.2) is 0 Å². The Morgan fingerprint density at radius 1 is 1.07 bits per heavy atom. The molecule has 0 aliphatic carbocycles. The highest BCUT2D eigenvalue weighted by Gasteiger charge is 2.38. The first kappa shape index (κ1) is 19.8. The van der Waals surface area contributed by atoms with Gasteiger partial charge in [-0.25, -0.2) is 18.1 Å². The summed E-state index contributed by atoms with van der Waals surface area (Å²) in [6.07, 6.45) is 1.45. The highest BCUT2D eigenvalue weighted by atomic mass is 32.2. The van der Waals surface area contributed by atoms with E-state index in [4.69, 9.17) is 0 Å². The molecule has 2 saturated heterocycles. The second-order valence-electron chi connectivity index (χ2n) is 6.96. The minimum Gasteiger partial charge on any atom is -0.326 e. The molecule has 27 heavy (non-hydrogen) atoms. The van der Waals surface area contributed by atoms with Crippen molar-refractivity contribution in [3.63, 3.8) is 0 Å². The average Bonchev–Trinajstić information content (AvgIpc) is 2.90. The van der Waals surface area contributed by atoms with Crippen molar-refractivity contribution < 1.29 is 18.0 Å². The van der Waals surface area contributed by atoms with Gasteiger partial charge in [-0.1, -0.05) is 43.7 Å². The third-order valence-electron chi connectivity index (χ3n) is 4.94. The van der Waals surface area contributed by atoms with Crippen LogP contribution in [0.4, 0.5) is 4.79 Å². The third kappa shape index (κ3) is 4.66. The number of amides is 3. The Morgan fingerprint density at radius 2 is 1.74 bits per heavy atom. The fourth-order valence-electron chi connectivity index (χ4n) is 3.42. The Balaban J connectivity index is 1.53. The summed E-state index contributed by atoms with van der Waals surface area (Å²) in [4.78, 5) is 27.5. The number of imide groups is 1. The molecule has 1 unspecified atom stereocenters. The van der Waals surface area contributed by atoms with Crippen LogP contribution in [0.15, 0.2) is 30.3 Å². The van der Waals surface area contributed by atoms with Crippen molar-refractivity contribution in [3.05, 3.63) is 35.9 Å². The Labute approximate surface area is 160 Å². The van der Waals surface area contributed by atoms with Crippen molar-refractivity contribution in [1.29, 1.82) is 0 Å². The predicted octanol–water partition coefficient (Wildman–Crippen LogP) is 0.812. The van der Waals surface area contributed by atoms with E-state index < -0.39 is 16.1 Å². The Morgan fingerprint density at radius 3 is 2.37 bits per heavy atom. The van der Waals surface area contributed by atoms with Crippen LogP contribution in [0.3, 0.4) is 0 Å². The number of carbonyl (C=O) groups is 2. The predicted molar refractivity (Wildman–Crippen MR) is 101 cm³/mol. The van der Waals surface area contributed by atoms with Crippen LogP contribution in [0.25, 0.3) is 0 Å². The van der Waals surface area contributed by atoms with Gasteiger partial charge < -0.3 is 5.32 Å². The highest BCUT2D eigenvalue weighted by Crippen LogP contribution is 2.16. The summed E-state index contributed by atoms with van der Waals surface area (Å²) in [6.45, 7) is 3.87. The number of benzene rings is 1. The summed E-state index contributed by atoms with van der Waals surface area (Å²) in [5.74, 6) is -0.208. The topological polar surface area (TPSA) is 90.0 Å². The fourth-order valence-corrected chi connectivity index (χ4v) is 4.94. The molecule has 1 atom stereocenters. The zero-order valence-corrected chi connectivity index (χ0v) is 16.3. The Hall–Kier alpha value is -1.97. The molecule has 8 nitrogen and oxygen atoms in total. The number of nitrogens with zero attached hydrogens (tertiary/aromatic N) is 3. The third-order valence-corrected chi connectivity index (χ3v) is 6.79. The standard InChI is InChI=1S/C18H26N4O4S/c1-2-6-16-17(23)22(18(24)19-16)14-20-9-11-21(12-10-20)27(25,26)13-15-7-4-3-5-8-15/h3-5,7-8,16H,2,6,9-14H2,1H3,(H,19,24). The summed E-state index contributed by atoms with van der Waals surface area (Å²) in [5.41, 5.74) is 0.765. The number of nitrogens with one attached hydrogen (secondary N) is 1. The van der Waals surface area contributed by atoms with Crippen molar-refractivity contribution >= 4 is 22.0 Å². The lowest BCUT2D eigenvalue weighted by atomic mass is 10.2. The summed E-state index contributed by atoms with van der Waals surface area (Å²) in [7, 11) is -3.38. The molecular formula is C18H26N4O4S. The monoisotopic (exact) mass is 394 g/mol. The van der Waals surface area contributed by atoms with Crippen LogP contribution in [-0.4, -0.2) is 73.4 Å². The zero-order chi connectivity index (χ0) is 19.4. The van der Waals surface area contributed by atoms with Gasteiger partial charge in [0, 0.05) is 26.2 Å². The Bertz CT molecular complexity index is 776. The van der Waals surface area contributed by atoms with Gasteiger partial charge in [-0.05, 0) is 12.0 Å². The lowest BCUT2D eigenvalue weighted by Crippen LogP contribution is -2.52. The number of hydrogen-bond donors (Lipinski definition) is 1. The largest absolute Gasteiger partial charge is 0.326 e. The second kappa shape index (κ2) is 8.37. The quantitative estimate of drug-likeness (QED) is 0.692. The van der Waals surface area contributed by atoms with Crippen molar-refractivity contribution in [3.8, 4) is 0 Å². The van der Waals surface area contributed by atoms with Crippen LogP contribution in [0, 0.1) is 0 Å². The van der Waals surface area contributed by atoms with Crippen LogP contribution in [0.5, 0.6) is 0 Å². The molecule has 3 rings (SSSR count). The number of piperazine rings is 1. The maximum absolute atomic E-state index is 12.6. The van der Waals surface area contributed by atoms with Gasteiger partial charge in [0.25, 0.3) is 5.91 Å². The van der Waals surface area contributed by atoms with E-state index in [1.807, 2.05) is 30.0 Å². The SMILES string of the molecule is CCCC1NC(=O)N(CN2CCN(S(=O)(=O)Cc3ccccc3)CC2)C1=O. The molecule has 1 N–H and O–H groups in total. The smallest absolute Gasteiger partial charge is 0.325 e.